The zero-order chi connectivity index (χ0) is 14.3. The second-order valence-electron chi connectivity index (χ2n) is 6.89. The van der Waals surface area contributed by atoms with E-state index in [1.807, 2.05) is 32.7 Å². The van der Waals surface area contributed by atoms with Crippen LogP contribution in [0.5, 0.6) is 0 Å². The molecule has 2 fully saturated rings. The van der Waals surface area contributed by atoms with Gasteiger partial charge in [0.2, 0.25) is 5.91 Å². The second-order valence-corrected chi connectivity index (χ2v) is 6.89. The molecular weight excluding hydrogens is 244 g/mol. The first-order valence-electron chi connectivity index (χ1n) is 6.93. The summed E-state index contributed by atoms with van der Waals surface area (Å²) in [7, 11) is 1.86. The van der Waals surface area contributed by atoms with Crippen molar-refractivity contribution in [3.63, 3.8) is 0 Å². The van der Waals surface area contributed by atoms with E-state index in [0.717, 1.165) is 19.4 Å². The van der Waals surface area contributed by atoms with Crippen LogP contribution in [0.1, 0.15) is 40.0 Å². The SMILES string of the molecule is CN1CC2(CCN(C(=O)OC(C)(C)C)CC2)CC1=O. The highest BCUT2D eigenvalue weighted by atomic mass is 16.6. The molecule has 19 heavy (non-hydrogen) atoms. The maximum Gasteiger partial charge on any atom is 0.410 e. The van der Waals surface area contributed by atoms with Gasteiger partial charge in [-0.3, -0.25) is 4.79 Å². The third kappa shape index (κ3) is 3.19. The maximum atomic E-state index is 12.0. The van der Waals surface area contributed by atoms with Crippen LogP contribution in [0, 0.1) is 5.41 Å². The summed E-state index contributed by atoms with van der Waals surface area (Å²) < 4.78 is 5.38. The molecule has 0 radical (unpaired) electrons. The van der Waals surface area contributed by atoms with E-state index in [2.05, 4.69) is 0 Å². The molecule has 0 saturated carbocycles. The highest BCUT2D eigenvalue weighted by Gasteiger charge is 2.44. The van der Waals surface area contributed by atoms with Crippen LogP contribution in [-0.4, -0.2) is 54.1 Å². The number of amides is 2. The Morgan fingerprint density at radius 2 is 1.84 bits per heavy atom. The number of piperidine rings is 1. The molecule has 1 spiro atoms. The van der Waals surface area contributed by atoms with Crippen LogP contribution in [0.25, 0.3) is 0 Å². The molecule has 0 aliphatic carbocycles. The topological polar surface area (TPSA) is 49.9 Å². The van der Waals surface area contributed by atoms with E-state index in [0.29, 0.717) is 19.5 Å². The van der Waals surface area contributed by atoms with Gasteiger partial charge in [-0.2, -0.15) is 0 Å². The molecule has 0 atom stereocenters. The molecule has 2 saturated heterocycles. The third-order valence-corrected chi connectivity index (χ3v) is 4.00. The third-order valence-electron chi connectivity index (χ3n) is 4.00. The number of nitrogens with zero attached hydrogens (tertiary/aromatic N) is 2. The predicted molar refractivity (Wildman–Crippen MR) is 71.7 cm³/mol. The summed E-state index contributed by atoms with van der Waals surface area (Å²) in [6.07, 6.45) is 2.18. The molecule has 0 unspecified atom stereocenters. The van der Waals surface area contributed by atoms with E-state index in [9.17, 15) is 9.59 Å². The molecule has 0 N–H and O–H groups in total. The van der Waals surface area contributed by atoms with Gasteiger partial charge in [0.25, 0.3) is 0 Å². The minimum absolute atomic E-state index is 0.0876. The van der Waals surface area contributed by atoms with Gasteiger partial charge in [-0.25, -0.2) is 4.79 Å². The molecule has 2 heterocycles. The van der Waals surface area contributed by atoms with Crippen LogP contribution in [0.15, 0.2) is 0 Å². The minimum atomic E-state index is -0.449. The standard InChI is InChI=1S/C14H24N2O3/c1-13(2,3)19-12(18)16-7-5-14(6-8-16)9-11(17)15(4)10-14/h5-10H2,1-4H3. The molecule has 2 amide bonds. The van der Waals surface area contributed by atoms with Gasteiger partial charge in [-0.1, -0.05) is 0 Å². The van der Waals surface area contributed by atoms with Gasteiger partial charge in [0.15, 0.2) is 0 Å². The summed E-state index contributed by atoms with van der Waals surface area (Å²) in [4.78, 5) is 27.2. The van der Waals surface area contributed by atoms with E-state index in [1.54, 1.807) is 4.90 Å². The van der Waals surface area contributed by atoms with Gasteiger partial charge in [-0.05, 0) is 33.6 Å². The minimum Gasteiger partial charge on any atom is -0.444 e. The van der Waals surface area contributed by atoms with Crippen molar-refractivity contribution < 1.29 is 14.3 Å². The van der Waals surface area contributed by atoms with Crippen molar-refractivity contribution in [2.75, 3.05) is 26.7 Å². The van der Waals surface area contributed by atoms with Gasteiger partial charge in [0.1, 0.15) is 5.60 Å². The fraction of sp³-hybridized carbons (Fsp3) is 0.857. The molecule has 0 aromatic heterocycles. The highest BCUT2D eigenvalue weighted by molar-refractivity contribution is 5.79. The normalized spacial score (nSPS) is 23.1. The van der Waals surface area contributed by atoms with Gasteiger partial charge < -0.3 is 14.5 Å². The lowest BCUT2D eigenvalue weighted by atomic mass is 9.78. The van der Waals surface area contributed by atoms with Crippen molar-refractivity contribution in [2.24, 2.45) is 5.41 Å². The molecule has 0 aromatic rings. The number of ether oxygens (including phenoxy) is 1. The Hall–Kier alpha value is -1.26. The number of rotatable bonds is 0. The number of likely N-dealkylation sites (tertiary alicyclic amines) is 2. The quantitative estimate of drug-likeness (QED) is 0.674. The zero-order valence-electron chi connectivity index (χ0n) is 12.4. The molecule has 0 bridgehead atoms. The van der Waals surface area contributed by atoms with Crippen LogP contribution in [-0.2, 0) is 9.53 Å². The average molecular weight is 268 g/mol. The first-order valence-corrected chi connectivity index (χ1v) is 6.93. The Balaban J connectivity index is 1.89. The van der Waals surface area contributed by atoms with Crippen molar-refractivity contribution in [3.8, 4) is 0 Å². The Bertz CT molecular complexity index is 379. The Labute approximate surface area is 114 Å². The summed E-state index contributed by atoms with van der Waals surface area (Å²) in [6, 6.07) is 0. The lowest BCUT2D eigenvalue weighted by Gasteiger charge is -2.38. The van der Waals surface area contributed by atoms with Gasteiger partial charge >= 0.3 is 6.09 Å². The number of carbonyl (C=O) groups excluding carboxylic acids is 2. The number of hydrogen-bond donors (Lipinski definition) is 0. The first-order chi connectivity index (χ1) is 8.71. The maximum absolute atomic E-state index is 12.0. The van der Waals surface area contributed by atoms with Gasteiger partial charge in [0, 0.05) is 38.5 Å². The van der Waals surface area contributed by atoms with E-state index in [4.69, 9.17) is 4.74 Å². The zero-order valence-corrected chi connectivity index (χ0v) is 12.4. The van der Waals surface area contributed by atoms with E-state index in [-0.39, 0.29) is 17.4 Å². The van der Waals surface area contributed by atoms with Crippen molar-refractivity contribution >= 4 is 12.0 Å². The summed E-state index contributed by atoms with van der Waals surface area (Å²) in [5, 5.41) is 0. The van der Waals surface area contributed by atoms with Crippen molar-refractivity contribution in [3.05, 3.63) is 0 Å². The van der Waals surface area contributed by atoms with Crippen LogP contribution in [0.3, 0.4) is 0 Å². The first kappa shape index (κ1) is 14.2. The van der Waals surface area contributed by atoms with Crippen molar-refractivity contribution in [1.82, 2.24) is 9.80 Å². The number of carbonyl (C=O) groups is 2. The molecule has 2 aliphatic rings. The average Bonchev–Trinajstić information content (AvgIpc) is 2.52. The summed E-state index contributed by atoms with van der Waals surface area (Å²) in [5.41, 5.74) is -0.361. The molecule has 108 valence electrons. The smallest absolute Gasteiger partial charge is 0.410 e. The molecule has 5 nitrogen and oxygen atoms in total. The van der Waals surface area contributed by atoms with Crippen molar-refractivity contribution in [1.29, 1.82) is 0 Å². The fourth-order valence-electron chi connectivity index (χ4n) is 2.93. The number of hydrogen-bond acceptors (Lipinski definition) is 3. The van der Waals surface area contributed by atoms with Crippen molar-refractivity contribution in [2.45, 2.75) is 45.6 Å². The van der Waals surface area contributed by atoms with E-state index in [1.165, 1.54) is 0 Å². The van der Waals surface area contributed by atoms with Crippen LogP contribution in [0.2, 0.25) is 0 Å². The highest BCUT2D eigenvalue weighted by Crippen LogP contribution is 2.40. The molecular formula is C14H24N2O3. The molecule has 2 aliphatic heterocycles. The largest absolute Gasteiger partial charge is 0.444 e. The summed E-state index contributed by atoms with van der Waals surface area (Å²) in [6.45, 7) is 7.84. The fourth-order valence-corrected chi connectivity index (χ4v) is 2.93. The van der Waals surface area contributed by atoms with E-state index < -0.39 is 5.60 Å². The molecule has 5 heteroatoms. The summed E-state index contributed by atoms with van der Waals surface area (Å²) in [5.74, 6) is 0.228. The van der Waals surface area contributed by atoms with Crippen LogP contribution < -0.4 is 0 Å². The van der Waals surface area contributed by atoms with Crippen LogP contribution in [0.4, 0.5) is 4.79 Å². The molecule has 2 rings (SSSR count). The van der Waals surface area contributed by atoms with Gasteiger partial charge in [0.05, 0.1) is 0 Å². The van der Waals surface area contributed by atoms with Gasteiger partial charge in [-0.15, -0.1) is 0 Å². The Kier molecular flexibility index (Phi) is 3.49. The van der Waals surface area contributed by atoms with E-state index >= 15 is 0 Å². The lowest BCUT2D eigenvalue weighted by molar-refractivity contribution is -0.126. The monoisotopic (exact) mass is 268 g/mol. The predicted octanol–water partition coefficient (Wildman–Crippen LogP) is 1.87. The van der Waals surface area contributed by atoms with Crippen LogP contribution >= 0.6 is 0 Å². The summed E-state index contributed by atoms with van der Waals surface area (Å²) >= 11 is 0. The Morgan fingerprint density at radius 1 is 1.26 bits per heavy atom. The molecule has 0 aromatic carbocycles. The second kappa shape index (κ2) is 4.69. The Morgan fingerprint density at radius 3 is 2.26 bits per heavy atom. The lowest BCUT2D eigenvalue weighted by Crippen LogP contribution is -2.45.